The van der Waals surface area contributed by atoms with E-state index in [4.69, 9.17) is 0 Å². The SMILES string of the molecule is O=C(CC(c1ccccc1[N+](=O)[O-])S(=O)(=O)O)c1ccccc1. The van der Waals surface area contributed by atoms with Gasteiger partial charge in [0.2, 0.25) is 0 Å². The molecule has 0 fully saturated rings. The smallest absolute Gasteiger partial charge is 0.274 e. The molecule has 2 aromatic rings. The molecule has 2 rings (SSSR count). The van der Waals surface area contributed by atoms with Crippen LogP contribution in [0.2, 0.25) is 0 Å². The monoisotopic (exact) mass is 335 g/mol. The Morgan fingerprint density at radius 1 is 1.09 bits per heavy atom. The standard InChI is InChI=1S/C15H13NO6S/c17-14(11-6-2-1-3-7-11)10-15(23(20,21)22)12-8-4-5-9-13(12)16(18)19/h1-9,15H,10H2,(H,20,21,22). The van der Waals surface area contributed by atoms with E-state index in [9.17, 15) is 27.9 Å². The van der Waals surface area contributed by atoms with Crippen molar-refractivity contribution in [3.05, 3.63) is 75.8 Å². The fourth-order valence-electron chi connectivity index (χ4n) is 2.21. The number of para-hydroxylation sites is 1. The molecule has 0 spiro atoms. The van der Waals surface area contributed by atoms with E-state index in [-0.39, 0.29) is 11.1 Å². The zero-order valence-corrected chi connectivity index (χ0v) is 12.6. The molecule has 0 bridgehead atoms. The van der Waals surface area contributed by atoms with E-state index in [1.807, 2.05) is 0 Å². The van der Waals surface area contributed by atoms with Gasteiger partial charge in [0.1, 0.15) is 5.25 Å². The summed E-state index contributed by atoms with van der Waals surface area (Å²) in [5, 5.41) is 9.36. The first-order chi connectivity index (χ1) is 10.8. The van der Waals surface area contributed by atoms with Gasteiger partial charge in [-0.15, -0.1) is 0 Å². The summed E-state index contributed by atoms with van der Waals surface area (Å²) < 4.78 is 32.7. The molecule has 120 valence electrons. The van der Waals surface area contributed by atoms with Crippen molar-refractivity contribution in [2.75, 3.05) is 0 Å². The molecule has 2 aromatic carbocycles. The minimum Gasteiger partial charge on any atom is -0.294 e. The van der Waals surface area contributed by atoms with Crippen molar-refractivity contribution in [2.24, 2.45) is 0 Å². The molecule has 0 aliphatic rings. The lowest BCUT2D eigenvalue weighted by Gasteiger charge is -2.14. The Morgan fingerprint density at radius 3 is 2.22 bits per heavy atom. The summed E-state index contributed by atoms with van der Waals surface area (Å²) in [6.07, 6.45) is -0.590. The first-order valence-corrected chi connectivity index (χ1v) is 8.09. The van der Waals surface area contributed by atoms with Crippen molar-refractivity contribution in [2.45, 2.75) is 11.7 Å². The molecule has 7 nitrogen and oxygen atoms in total. The van der Waals surface area contributed by atoms with Crippen molar-refractivity contribution < 1.29 is 22.7 Å². The molecule has 0 amide bonds. The van der Waals surface area contributed by atoms with E-state index >= 15 is 0 Å². The largest absolute Gasteiger partial charge is 0.294 e. The van der Waals surface area contributed by atoms with Gasteiger partial charge in [-0.2, -0.15) is 8.42 Å². The lowest BCUT2D eigenvalue weighted by atomic mass is 10.0. The van der Waals surface area contributed by atoms with Crippen LogP contribution in [0.15, 0.2) is 54.6 Å². The topological polar surface area (TPSA) is 115 Å². The van der Waals surface area contributed by atoms with Crippen molar-refractivity contribution >= 4 is 21.6 Å². The van der Waals surface area contributed by atoms with E-state index < -0.39 is 38.2 Å². The van der Waals surface area contributed by atoms with Gasteiger partial charge < -0.3 is 0 Å². The number of Topliss-reactive ketones (excluding diaryl/α,β-unsaturated/α-hetero) is 1. The fourth-order valence-corrected chi connectivity index (χ4v) is 3.09. The number of carbonyl (C=O) groups excluding carboxylic acids is 1. The maximum atomic E-state index is 12.2. The van der Waals surface area contributed by atoms with Gasteiger partial charge >= 0.3 is 0 Å². The maximum absolute atomic E-state index is 12.2. The minimum absolute atomic E-state index is 0.218. The van der Waals surface area contributed by atoms with Crippen molar-refractivity contribution in [1.82, 2.24) is 0 Å². The van der Waals surface area contributed by atoms with Gasteiger partial charge in [0.25, 0.3) is 15.8 Å². The minimum atomic E-state index is -4.70. The molecule has 1 N–H and O–H groups in total. The summed E-state index contributed by atoms with van der Waals surface area (Å²) in [6, 6.07) is 13.1. The van der Waals surface area contributed by atoms with Crippen LogP contribution in [0.1, 0.15) is 27.6 Å². The quantitative estimate of drug-likeness (QED) is 0.376. The summed E-state index contributed by atoms with van der Waals surface area (Å²) in [5.41, 5.74) is -0.417. The number of carbonyl (C=O) groups is 1. The van der Waals surface area contributed by atoms with Crippen molar-refractivity contribution in [1.29, 1.82) is 0 Å². The van der Waals surface area contributed by atoms with E-state index in [1.165, 1.54) is 30.3 Å². The second-order valence-corrected chi connectivity index (χ2v) is 6.41. The third-order valence-electron chi connectivity index (χ3n) is 3.31. The summed E-state index contributed by atoms with van der Waals surface area (Å²) in [5.74, 6) is -0.536. The van der Waals surface area contributed by atoms with Crippen molar-refractivity contribution in [3.63, 3.8) is 0 Å². The van der Waals surface area contributed by atoms with E-state index in [2.05, 4.69) is 0 Å². The zero-order chi connectivity index (χ0) is 17.0. The average molecular weight is 335 g/mol. The molecule has 0 saturated carbocycles. The van der Waals surface area contributed by atoms with Crippen LogP contribution >= 0.6 is 0 Å². The average Bonchev–Trinajstić information content (AvgIpc) is 2.52. The highest BCUT2D eigenvalue weighted by molar-refractivity contribution is 7.86. The molecule has 0 aromatic heterocycles. The van der Waals surface area contributed by atoms with Gasteiger partial charge in [0, 0.05) is 18.1 Å². The van der Waals surface area contributed by atoms with E-state index in [0.717, 1.165) is 6.07 Å². The Hall–Kier alpha value is -2.58. The molecule has 1 unspecified atom stereocenters. The van der Waals surface area contributed by atoms with Crippen LogP contribution in [0.5, 0.6) is 0 Å². The van der Waals surface area contributed by atoms with Gasteiger partial charge in [-0.3, -0.25) is 19.5 Å². The Labute approximate surface area is 132 Å². The highest BCUT2D eigenvalue weighted by atomic mass is 32.2. The number of rotatable bonds is 6. The number of hydrogen-bond donors (Lipinski definition) is 1. The van der Waals surface area contributed by atoms with Crippen LogP contribution < -0.4 is 0 Å². The van der Waals surface area contributed by atoms with Crippen LogP contribution in [-0.4, -0.2) is 23.7 Å². The number of hydrogen-bond acceptors (Lipinski definition) is 5. The van der Waals surface area contributed by atoms with Crippen LogP contribution in [0.3, 0.4) is 0 Å². The summed E-state index contributed by atoms with van der Waals surface area (Å²) in [7, 11) is -4.70. The highest BCUT2D eigenvalue weighted by Gasteiger charge is 2.33. The zero-order valence-electron chi connectivity index (χ0n) is 11.8. The first kappa shape index (κ1) is 16.8. The van der Waals surface area contributed by atoms with Crippen LogP contribution in [-0.2, 0) is 10.1 Å². The Bertz CT molecular complexity index is 832. The summed E-state index contributed by atoms with van der Waals surface area (Å²) >= 11 is 0. The van der Waals surface area contributed by atoms with Gasteiger partial charge in [0.05, 0.1) is 10.5 Å². The third-order valence-corrected chi connectivity index (χ3v) is 4.45. The highest BCUT2D eigenvalue weighted by Crippen LogP contribution is 2.33. The normalized spacial score (nSPS) is 12.6. The number of nitrogens with zero attached hydrogens (tertiary/aromatic N) is 1. The van der Waals surface area contributed by atoms with Crippen molar-refractivity contribution in [3.8, 4) is 0 Å². The Balaban J connectivity index is 2.44. The lowest BCUT2D eigenvalue weighted by Crippen LogP contribution is -2.18. The van der Waals surface area contributed by atoms with Gasteiger partial charge in [0.15, 0.2) is 5.78 Å². The third kappa shape index (κ3) is 3.99. The molecule has 8 heteroatoms. The van der Waals surface area contributed by atoms with E-state index in [1.54, 1.807) is 18.2 Å². The molecule has 0 saturated heterocycles. The fraction of sp³-hybridized carbons (Fsp3) is 0.133. The predicted molar refractivity (Wildman–Crippen MR) is 82.8 cm³/mol. The first-order valence-electron chi connectivity index (χ1n) is 6.58. The predicted octanol–water partition coefficient (Wildman–Crippen LogP) is 2.80. The molecule has 0 heterocycles. The van der Waals surface area contributed by atoms with Gasteiger partial charge in [-0.05, 0) is 0 Å². The number of benzene rings is 2. The maximum Gasteiger partial charge on any atom is 0.274 e. The molecule has 0 radical (unpaired) electrons. The lowest BCUT2D eigenvalue weighted by molar-refractivity contribution is -0.385. The number of ketones is 1. The summed E-state index contributed by atoms with van der Waals surface area (Å²) in [4.78, 5) is 22.5. The molecule has 0 aliphatic carbocycles. The molecular formula is C15H13NO6S. The Kier molecular flexibility index (Phi) is 4.87. The number of nitro benzene ring substituents is 1. The summed E-state index contributed by atoms with van der Waals surface area (Å²) in [6.45, 7) is 0. The van der Waals surface area contributed by atoms with Gasteiger partial charge in [-0.1, -0.05) is 48.5 Å². The van der Waals surface area contributed by atoms with Crippen LogP contribution in [0, 0.1) is 10.1 Å². The van der Waals surface area contributed by atoms with Crippen LogP contribution in [0.4, 0.5) is 5.69 Å². The molecular weight excluding hydrogens is 322 g/mol. The van der Waals surface area contributed by atoms with Gasteiger partial charge in [-0.25, -0.2) is 0 Å². The Morgan fingerprint density at radius 2 is 1.65 bits per heavy atom. The van der Waals surface area contributed by atoms with E-state index in [0.29, 0.717) is 0 Å². The molecule has 23 heavy (non-hydrogen) atoms. The van der Waals surface area contributed by atoms with Crippen LogP contribution in [0.25, 0.3) is 0 Å². The molecule has 1 atom stereocenters. The molecule has 0 aliphatic heterocycles. The second kappa shape index (κ2) is 6.67. The second-order valence-electron chi connectivity index (χ2n) is 4.81. The number of nitro groups is 1.